The predicted octanol–water partition coefficient (Wildman–Crippen LogP) is 10.8. The lowest BCUT2D eigenvalue weighted by Crippen LogP contribution is -2.55. The zero-order valence-electron chi connectivity index (χ0n) is 47.6. The minimum absolute atomic E-state index is 0.0918. The van der Waals surface area contributed by atoms with E-state index in [0.717, 1.165) is 73.1 Å². The fourth-order valence-electron chi connectivity index (χ4n) is 11.4. The number of anilines is 4. The van der Waals surface area contributed by atoms with Crippen molar-refractivity contribution < 1.29 is 17.4 Å². The van der Waals surface area contributed by atoms with Crippen LogP contribution >= 0.6 is 0 Å². The smallest absolute Gasteiger partial charge is 0.410 e. The first-order chi connectivity index (χ1) is 36.7. The Kier molecular flexibility index (Phi) is 11.2. The highest BCUT2D eigenvalue weighted by atomic mass is 16.4. The standard InChI is InChI=1S/C22H23BN4O.2C17H21BN4O/c1-15-14-20-19-11-10-16(2)24-21(19)28-22(20)25(4)23(15)27-13-12-26(17(27)3)18-8-6-5-7-9-18;2*1-11-10-15-14-7-6-12(2)19-16(14)23-17(15)21(5)18(11)22-9-8-20(4)13(22)3/h5-14,17H,1-4H3;2*6-10,13H,1-5H3/t17-;2*13-/m000/s1/i;4D3;. The second-order valence-corrected chi connectivity index (χ2v) is 20.4. The normalized spacial score (nSPS) is 20.7. The molecule has 13 rings (SSSR count). The Morgan fingerprint density at radius 2 is 0.811 bits per heavy atom. The highest BCUT2D eigenvalue weighted by Crippen LogP contribution is 2.43. The van der Waals surface area contributed by atoms with Crippen molar-refractivity contribution in [3.05, 3.63) is 154 Å². The van der Waals surface area contributed by atoms with E-state index in [4.69, 9.17) is 17.4 Å². The van der Waals surface area contributed by atoms with Gasteiger partial charge in [-0.1, -0.05) is 52.8 Å². The van der Waals surface area contributed by atoms with E-state index in [1.807, 2.05) is 80.9 Å². The van der Waals surface area contributed by atoms with Crippen LogP contribution < -0.4 is 19.3 Å². The summed E-state index contributed by atoms with van der Waals surface area (Å²) in [5.74, 6) is 2.52. The largest absolute Gasteiger partial charge is 0.423 e. The van der Waals surface area contributed by atoms with Gasteiger partial charge in [-0.05, 0) is 132 Å². The second kappa shape index (κ2) is 18.6. The van der Waals surface area contributed by atoms with Crippen molar-refractivity contribution >= 4 is 95.8 Å². The number of aryl methyl sites for hydroxylation is 3. The Morgan fingerprint density at radius 1 is 0.446 bits per heavy atom. The Balaban J connectivity index is 0.000000123. The molecule has 12 heterocycles. The first-order valence-corrected chi connectivity index (χ1v) is 25.3. The number of hydrogen-bond donors (Lipinski definition) is 0. The fourth-order valence-corrected chi connectivity index (χ4v) is 11.4. The van der Waals surface area contributed by atoms with E-state index in [2.05, 4.69) is 179 Å². The summed E-state index contributed by atoms with van der Waals surface area (Å²) in [4.78, 5) is 32.7. The van der Waals surface area contributed by atoms with Crippen LogP contribution in [0.4, 0.5) is 23.3 Å². The van der Waals surface area contributed by atoms with Gasteiger partial charge in [0.15, 0.2) is 17.7 Å². The van der Waals surface area contributed by atoms with E-state index in [1.165, 1.54) is 21.5 Å². The van der Waals surface area contributed by atoms with E-state index in [-0.39, 0.29) is 33.3 Å². The number of rotatable bonds is 4. The van der Waals surface area contributed by atoms with Crippen molar-refractivity contribution in [3.8, 4) is 0 Å². The van der Waals surface area contributed by atoms with E-state index in [1.54, 1.807) is 6.20 Å². The Hall–Kier alpha value is -7.88. The monoisotopic (exact) mass is 990 g/mol. The van der Waals surface area contributed by atoms with Gasteiger partial charge in [0.2, 0.25) is 17.1 Å². The van der Waals surface area contributed by atoms with Crippen molar-refractivity contribution in [1.29, 1.82) is 0 Å². The summed E-state index contributed by atoms with van der Waals surface area (Å²) in [5, 5.41) is 3.14. The third kappa shape index (κ3) is 8.05. The lowest BCUT2D eigenvalue weighted by atomic mass is 9.61. The number of fused-ring (bicyclic) bond motifs is 9. The Morgan fingerprint density at radius 3 is 1.18 bits per heavy atom. The van der Waals surface area contributed by atoms with Gasteiger partial charge in [0, 0.05) is 111 Å². The second-order valence-electron chi connectivity index (χ2n) is 20.4. The predicted molar refractivity (Wildman–Crippen MR) is 305 cm³/mol. The molecule has 0 spiro atoms. The molecule has 6 aliphatic rings. The molecule has 0 aliphatic carbocycles. The number of furan rings is 3. The van der Waals surface area contributed by atoms with Gasteiger partial charge in [-0.25, -0.2) is 15.0 Å². The van der Waals surface area contributed by atoms with Crippen molar-refractivity contribution in [3.63, 3.8) is 0 Å². The molecule has 0 unspecified atom stereocenters. The quantitative estimate of drug-likeness (QED) is 0.156. The minimum atomic E-state index is -2.17. The van der Waals surface area contributed by atoms with Crippen LogP contribution in [-0.4, -0.2) is 114 Å². The molecular formula is C56H65B3N12O3. The van der Waals surface area contributed by atoms with Gasteiger partial charge >= 0.3 is 20.9 Å². The summed E-state index contributed by atoms with van der Waals surface area (Å²) in [6.07, 6.45) is 18.9. The highest BCUT2D eigenvalue weighted by Gasteiger charge is 2.44. The van der Waals surface area contributed by atoms with Gasteiger partial charge < -0.3 is 56.8 Å². The Bertz CT molecular complexity index is 3630. The zero-order valence-corrected chi connectivity index (χ0v) is 44.6. The lowest BCUT2D eigenvalue weighted by Gasteiger charge is -2.39. The van der Waals surface area contributed by atoms with Gasteiger partial charge in [0.05, 0.1) is 18.5 Å². The topological polar surface area (TPSA) is 107 Å². The number of aromatic nitrogens is 3. The van der Waals surface area contributed by atoms with Crippen LogP contribution in [0, 0.1) is 20.8 Å². The molecule has 74 heavy (non-hydrogen) atoms. The third-order valence-electron chi connectivity index (χ3n) is 15.4. The average molecular weight is 990 g/mol. The summed E-state index contributed by atoms with van der Waals surface area (Å²) in [6.45, 7) is 16.6. The van der Waals surface area contributed by atoms with Crippen molar-refractivity contribution in [2.45, 2.75) is 80.8 Å². The van der Waals surface area contributed by atoms with Crippen LogP contribution in [0.3, 0.4) is 0 Å². The van der Waals surface area contributed by atoms with Crippen LogP contribution in [0.15, 0.2) is 134 Å². The molecule has 3 atom stereocenters. The molecule has 18 heteroatoms. The van der Waals surface area contributed by atoms with Gasteiger partial charge in [0.1, 0.15) is 0 Å². The van der Waals surface area contributed by atoms with Crippen LogP contribution in [0.25, 0.3) is 51.5 Å². The van der Waals surface area contributed by atoms with Gasteiger partial charge in [-0.3, -0.25) is 0 Å². The SMILES string of the molecule is CC1=Cc2c(oc3nc(C)ccc23)N(C)B1N1C=CN(C)[C@@H]1C.CC1=Cc2c(oc3nc(C)ccc23)N(C)B1N1C=CN(c2ccccc2)[C@@H]1C.[2H]C([2H])([2H])N1C=CN(B2C(C)=Cc3c(oc4nc(C)ccc34)N2C)[C@H]1C. The molecule has 15 nitrogen and oxygen atoms in total. The molecule has 1 aromatic carbocycles. The minimum Gasteiger partial charge on any atom is -0.423 e. The van der Waals surface area contributed by atoms with Crippen molar-refractivity contribution in [2.75, 3.05) is 54.5 Å². The summed E-state index contributed by atoms with van der Waals surface area (Å²) in [5.41, 5.74) is 13.1. The summed E-state index contributed by atoms with van der Waals surface area (Å²) < 4.78 is 41.4. The van der Waals surface area contributed by atoms with E-state index >= 15 is 0 Å². The molecule has 376 valence electrons. The molecule has 0 saturated heterocycles. The lowest BCUT2D eigenvalue weighted by molar-refractivity contribution is 0.272. The molecule has 0 radical (unpaired) electrons. The molecular weight excluding hydrogens is 921 g/mol. The van der Waals surface area contributed by atoms with Crippen LogP contribution in [0.1, 0.15) is 79.4 Å². The first-order valence-electron chi connectivity index (χ1n) is 26.8. The third-order valence-corrected chi connectivity index (χ3v) is 15.4. The van der Waals surface area contributed by atoms with Gasteiger partial charge in [-0.15, -0.1) is 0 Å². The van der Waals surface area contributed by atoms with Crippen molar-refractivity contribution in [1.82, 2.24) is 39.2 Å². The molecule has 0 saturated carbocycles. The maximum absolute atomic E-state index is 7.70. The maximum atomic E-state index is 7.70. The molecule has 6 aromatic heterocycles. The molecule has 0 N–H and O–H groups in total. The van der Waals surface area contributed by atoms with E-state index in [0.29, 0.717) is 23.3 Å². The van der Waals surface area contributed by atoms with Gasteiger partial charge in [-0.2, -0.15) is 0 Å². The fraction of sp³-hybridized carbons (Fsp3) is 0.304. The maximum Gasteiger partial charge on any atom is 0.410 e. The number of nitrogens with zero attached hydrogens (tertiary/aromatic N) is 12. The summed E-state index contributed by atoms with van der Waals surface area (Å²) in [7, 11) is 8.26. The molecule has 6 aliphatic heterocycles. The average Bonchev–Trinajstić information content (AvgIpc) is 4.32. The number of allylic oxidation sites excluding steroid dienone is 3. The summed E-state index contributed by atoms with van der Waals surface area (Å²) >= 11 is 0. The number of para-hydroxylation sites is 1. The van der Waals surface area contributed by atoms with Crippen LogP contribution in [0.2, 0.25) is 0 Å². The number of hydrogen-bond acceptors (Lipinski definition) is 15. The van der Waals surface area contributed by atoms with Crippen molar-refractivity contribution in [2.24, 2.45) is 0 Å². The van der Waals surface area contributed by atoms with E-state index in [9.17, 15) is 0 Å². The highest BCUT2D eigenvalue weighted by molar-refractivity contribution is 6.71. The zero-order chi connectivity index (χ0) is 54.5. The molecule has 7 aromatic rings. The van der Waals surface area contributed by atoms with Gasteiger partial charge in [0.25, 0.3) is 0 Å². The Labute approximate surface area is 440 Å². The van der Waals surface area contributed by atoms with Crippen LogP contribution in [-0.2, 0) is 0 Å². The molecule has 0 amide bonds. The number of benzene rings is 1. The number of pyridine rings is 3. The van der Waals surface area contributed by atoms with E-state index < -0.39 is 6.98 Å². The first kappa shape index (κ1) is 44.8. The molecule has 0 bridgehead atoms. The molecule has 0 fully saturated rings. The van der Waals surface area contributed by atoms with Crippen LogP contribution in [0.5, 0.6) is 0 Å². The summed E-state index contributed by atoms with van der Waals surface area (Å²) in [6, 6.07) is 22.8.